The van der Waals surface area contributed by atoms with Gasteiger partial charge in [-0.15, -0.1) is 0 Å². The molecule has 0 aromatic rings. The zero-order chi connectivity index (χ0) is 44.6. The molecule has 0 nitrogen and oxygen atoms in total. The summed E-state index contributed by atoms with van der Waals surface area (Å²) in [5.41, 5.74) is 16.4. The molecule has 0 N–H and O–H groups in total. The SMILES string of the molecule is CC1=C(/C=C/C=C(C)/C=C/C=C(C)/C=C/C=C(C)/C=C/C=C(C)/C=C/C=C(C)/C=C/C=C(C)/C=C/C=C(C)/C=C/C=C(C)/C=C/C2=C(C)CCCC2(C)C)C(C)(C)CCC1. The predicted molar refractivity (Wildman–Crippen MR) is 273 cm³/mol. The summed E-state index contributed by atoms with van der Waals surface area (Å²) in [4.78, 5) is 0. The highest BCUT2D eigenvalue weighted by Gasteiger charge is 2.27. The lowest BCUT2D eigenvalue weighted by Gasteiger charge is -2.32. The molecule has 0 atom stereocenters. The molecule has 0 heterocycles. The van der Waals surface area contributed by atoms with E-state index in [1.54, 1.807) is 5.57 Å². The molecule has 0 aromatic heterocycles. The van der Waals surface area contributed by atoms with Gasteiger partial charge in [0, 0.05) is 0 Å². The average molecular weight is 801 g/mol. The van der Waals surface area contributed by atoms with Crippen LogP contribution in [0.5, 0.6) is 0 Å². The Bertz CT molecular complexity index is 2040. The highest BCUT2D eigenvalue weighted by Crippen LogP contribution is 2.41. The van der Waals surface area contributed by atoms with E-state index in [0.717, 1.165) is 0 Å². The Morgan fingerprint density at radius 2 is 0.567 bits per heavy atom. The number of rotatable bonds is 18. The molecular formula is C60H80. The lowest BCUT2D eigenvalue weighted by molar-refractivity contribution is 0.376. The van der Waals surface area contributed by atoms with Crippen LogP contribution in [-0.4, -0.2) is 0 Å². The van der Waals surface area contributed by atoms with Crippen molar-refractivity contribution in [2.75, 3.05) is 0 Å². The van der Waals surface area contributed by atoms with Gasteiger partial charge >= 0.3 is 0 Å². The molecule has 0 unspecified atom stereocenters. The van der Waals surface area contributed by atoms with Crippen LogP contribution in [0.3, 0.4) is 0 Å². The quantitative estimate of drug-likeness (QED) is 0.121. The highest BCUT2D eigenvalue weighted by atomic mass is 14.3. The van der Waals surface area contributed by atoms with Crippen molar-refractivity contribution in [1.82, 2.24) is 0 Å². The summed E-state index contributed by atoms with van der Waals surface area (Å²) in [6.45, 7) is 31.2. The van der Waals surface area contributed by atoms with Gasteiger partial charge in [0.15, 0.2) is 0 Å². The van der Waals surface area contributed by atoms with E-state index < -0.39 is 0 Å². The van der Waals surface area contributed by atoms with Crippen LogP contribution in [0.25, 0.3) is 0 Å². The Kier molecular flexibility index (Phi) is 23.1. The van der Waals surface area contributed by atoms with Crippen LogP contribution >= 0.6 is 0 Å². The minimum atomic E-state index is 0.277. The van der Waals surface area contributed by atoms with Gasteiger partial charge in [0.25, 0.3) is 0 Å². The predicted octanol–water partition coefficient (Wildman–Crippen LogP) is 18.6. The van der Waals surface area contributed by atoms with E-state index in [9.17, 15) is 0 Å². The molecule has 0 heteroatoms. The van der Waals surface area contributed by atoms with Gasteiger partial charge in [-0.2, -0.15) is 0 Å². The van der Waals surface area contributed by atoms with Crippen LogP contribution in [0.4, 0.5) is 0 Å². The third-order valence-electron chi connectivity index (χ3n) is 11.2. The highest BCUT2D eigenvalue weighted by molar-refractivity contribution is 5.39. The molecule has 2 rings (SSSR count). The largest absolute Gasteiger partial charge is 0.0696 e. The van der Waals surface area contributed by atoms with Gasteiger partial charge in [-0.1, -0.05) is 241 Å². The third kappa shape index (κ3) is 21.4. The van der Waals surface area contributed by atoms with E-state index in [4.69, 9.17) is 0 Å². The Morgan fingerprint density at radius 1 is 0.333 bits per heavy atom. The first-order valence-electron chi connectivity index (χ1n) is 22.3. The lowest BCUT2D eigenvalue weighted by atomic mass is 9.72. The standard InChI is InChI=1S/C60H80/c1-47(27-16-28-49(3)31-18-32-51(5)35-20-36-53(7)39-22-42-57-55(9)40-23-45-59(57,11)12)25-15-26-48(2)29-17-30-50(4)33-19-34-52(6)37-21-38-54(8)43-44-58-56(10)41-24-46-60(58,13)14/h15-22,25-39,42-44H,23-24,40-41,45-46H2,1-14H3/b25-15+,28-16+,29-17+,32-18+,33-19+,36-20+,37-21+,42-22+,44-43+,47-27+,48-26+,49-31+,50-30+,51-35+,52-34+,53-39+,54-38+. The summed E-state index contributed by atoms with van der Waals surface area (Å²) in [6, 6.07) is 0. The van der Waals surface area contributed by atoms with Crippen LogP contribution in [-0.2, 0) is 0 Å². The molecule has 0 amide bonds. The average Bonchev–Trinajstić information content (AvgIpc) is 3.15. The van der Waals surface area contributed by atoms with E-state index in [-0.39, 0.29) is 10.8 Å². The Balaban J connectivity index is 1.81. The maximum atomic E-state index is 2.37. The maximum Gasteiger partial charge on any atom is -0.0104 e. The minimum absolute atomic E-state index is 0.277. The van der Waals surface area contributed by atoms with Crippen molar-refractivity contribution >= 4 is 0 Å². The van der Waals surface area contributed by atoms with Crippen molar-refractivity contribution in [1.29, 1.82) is 0 Å². The van der Waals surface area contributed by atoms with Crippen LogP contribution < -0.4 is 0 Å². The summed E-state index contributed by atoms with van der Waals surface area (Å²) in [6.07, 6.45) is 63.9. The topological polar surface area (TPSA) is 0 Å². The Labute approximate surface area is 369 Å². The van der Waals surface area contributed by atoms with Crippen molar-refractivity contribution in [2.24, 2.45) is 10.8 Å². The molecule has 60 heavy (non-hydrogen) atoms. The number of hydrogen-bond acceptors (Lipinski definition) is 0. The van der Waals surface area contributed by atoms with E-state index in [1.807, 2.05) is 0 Å². The summed E-state index contributed by atoms with van der Waals surface area (Å²) in [7, 11) is 0. The molecule has 320 valence electrons. The second kappa shape index (κ2) is 27.0. The van der Waals surface area contributed by atoms with Crippen LogP contribution in [0.15, 0.2) is 225 Å². The van der Waals surface area contributed by atoms with Gasteiger partial charge in [0.2, 0.25) is 0 Å². The molecule has 2 aliphatic rings. The van der Waals surface area contributed by atoms with Crippen molar-refractivity contribution < 1.29 is 0 Å². The Hall–Kier alpha value is -4.94. The first kappa shape index (κ1) is 51.2. The van der Waals surface area contributed by atoms with E-state index in [0.29, 0.717) is 0 Å². The van der Waals surface area contributed by atoms with E-state index >= 15 is 0 Å². The summed E-state index contributed by atoms with van der Waals surface area (Å²) < 4.78 is 0. The normalized spacial score (nSPS) is 20.4. The molecule has 0 spiro atoms. The van der Waals surface area contributed by atoms with Gasteiger partial charge in [-0.05, 0) is 130 Å². The van der Waals surface area contributed by atoms with Crippen LogP contribution in [0.2, 0.25) is 0 Å². The summed E-state index contributed by atoms with van der Waals surface area (Å²) in [5.74, 6) is 0. The summed E-state index contributed by atoms with van der Waals surface area (Å²) >= 11 is 0. The first-order valence-corrected chi connectivity index (χ1v) is 22.3. The zero-order valence-corrected chi connectivity index (χ0v) is 40.3. The lowest BCUT2D eigenvalue weighted by Crippen LogP contribution is -2.19. The first-order chi connectivity index (χ1) is 28.4. The zero-order valence-electron chi connectivity index (χ0n) is 40.3. The van der Waals surface area contributed by atoms with E-state index in [2.05, 4.69) is 255 Å². The second-order valence-corrected chi connectivity index (χ2v) is 18.4. The molecule has 0 radical (unpaired) electrons. The second-order valence-electron chi connectivity index (χ2n) is 18.4. The minimum Gasteiger partial charge on any atom is -0.0696 e. The number of allylic oxidation sites excluding steroid dienone is 38. The molecule has 0 aliphatic heterocycles. The van der Waals surface area contributed by atoms with Gasteiger partial charge in [-0.3, -0.25) is 0 Å². The monoisotopic (exact) mass is 801 g/mol. The maximum absolute atomic E-state index is 2.37. The van der Waals surface area contributed by atoms with Gasteiger partial charge < -0.3 is 0 Å². The molecule has 2 aliphatic carbocycles. The fraction of sp³-hybridized carbons (Fsp3) is 0.367. The molecule has 0 saturated carbocycles. The van der Waals surface area contributed by atoms with Crippen LogP contribution in [0, 0.1) is 10.8 Å². The fourth-order valence-corrected chi connectivity index (χ4v) is 7.44. The molecular weight excluding hydrogens is 721 g/mol. The van der Waals surface area contributed by atoms with Crippen molar-refractivity contribution in [3.63, 3.8) is 0 Å². The summed E-state index contributed by atoms with van der Waals surface area (Å²) in [5, 5.41) is 0. The van der Waals surface area contributed by atoms with Crippen molar-refractivity contribution in [2.45, 2.75) is 135 Å². The van der Waals surface area contributed by atoms with Gasteiger partial charge in [0.1, 0.15) is 0 Å². The molecule has 0 saturated heterocycles. The number of hydrogen-bond donors (Lipinski definition) is 0. The van der Waals surface area contributed by atoms with Gasteiger partial charge in [0.05, 0.1) is 0 Å². The molecule has 0 bridgehead atoms. The van der Waals surface area contributed by atoms with Crippen molar-refractivity contribution in [3.05, 3.63) is 225 Å². The Morgan fingerprint density at radius 3 is 0.833 bits per heavy atom. The molecule has 0 fully saturated rings. The fourth-order valence-electron chi connectivity index (χ4n) is 7.44. The third-order valence-corrected chi connectivity index (χ3v) is 11.2. The van der Waals surface area contributed by atoms with Gasteiger partial charge in [-0.25, -0.2) is 0 Å². The van der Waals surface area contributed by atoms with Crippen molar-refractivity contribution in [3.8, 4) is 0 Å². The molecule has 0 aromatic carbocycles. The van der Waals surface area contributed by atoms with Crippen LogP contribution in [0.1, 0.15) is 135 Å². The smallest absolute Gasteiger partial charge is 0.0104 e. The van der Waals surface area contributed by atoms with E-state index in [1.165, 1.54) is 99.8 Å².